The number of hydrogen-bond donors (Lipinski definition) is 1. The highest BCUT2D eigenvalue weighted by Crippen LogP contribution is 2.31. The largest absolute Gasteiger partial charge is 0.309 e. The third-order valence-corrected chi connectivity index (χ3v) is 5.13. The number of primary sulfonamides is 1. The van der Waals surface area contributed by atoms with Crippen LogP contribution in [-0.2, 0) is 10.0 Å². The number of sulfonamides is 1. The third-order valence-electron chi connectivity index (χ3n) is 4.20. The second kappa shape index (κ2) is 5.88. The number of benzene rings is 3. The minimum atomic E-state index is -3.70. The van der Waals surface area contributed by atoms with Crippen LogP contribution in [0.25, 0.3) is 27.8 Å². The van der Waals surface area contributed by atoms with Gasteiger partial charge in [0.2, 0.25) is 10.0 Å². The Labute approximate surface area is 146 Å². The number of rotatable bonds is 3. The summed E-state index contributed by atoms with van der Waals surface area (Å²) in [4.78, 5) is 0.110. The number of hydrogen-bond acceptors (Lipinski definition) is 2. The van der Waals surface area contributed by atoms with Crippen molar-refractivity contribution in [1.29, 1.82) is 0 Å². The minimum absolute atomic E-state index is 0.110. The Bertz CT molecular complexity index is 1150. The molecule has 0 fully saturated rings. The molecule has 0 aliphatic heterocycles. The van der Waals surface area contributed by atoms with Crippen molar-refractivity contribution in [2.45, 2.75) is 4.90 Å². The van der Waals surface area contributed by atoms with E-state index in [0.29, 0.717) is 0 Å². The zero-order chi connectivity index (χ0) is 17.4. The average Bonchev–Trinajstić information content (AvgIpc) is 3.01. The molecule has 124 valence electrons. The average molecular weight is 348 g/mol. The number of fused-ring (bicyclic) bond motifs is 1. The molecule has 5 heteroatoms. The quantitative estimate of drug-likeness (QED) is 0.609. The van der Waals surface area contributed by atoms with Crippen molar-refractivity contribution in [2.24, 2.45) is 5.14 Å². The normalized spacial score (nSPS) is 11.7. The summed E-state index contributed by atoms with van der Waals surface area (Å²) in [5.41, 5.74) is 4.06. The van der Waals surface area contributed by atoms with E-state index in [1.54, 1.807) is 12.1 Å². The van der Waals surface area contributed by atoms with Gasteiger partial charge in [0.05, 0.1) is 16.1 Å². The van der Waals surface area contributed by atoms with Crippen LogP contribution < -0.4 is 5.14 Å². The Hall–Kier alpha value is -2.89. The molecule has 0 spiro atoms. The highest BCUT2D eigenvalue weighted by molar-refractivity contribution is 7.89. The summed E-state index contributed by atoms with van der Waals surface area (Å²) in [6.45, 7) is 0. The molecule has 2 N–H and O–H groups in total. The van der Waals surface area contributed by atoms with Crippen LogP contribution in [0.4, 0.5) is 0 Å². The van der Waals surface area contributed by atoms with Gasteiger partial charge in [-0.25, -0.2) is 13.6 Å². The number of nitrogens with two attached hydrogens (primary N) is 1. The van der Waals surface area contributed by atoms with Gasteiger partial charge in [0.1, 0.15) is 0 Å². The third kappa shape index (κ3) is 2.84. The zero-order valence-electron chi connectivity index (χ0n) is 13.3. The van der Waals surface area contributed by atoms with E-state index in [9.17, 15) is 8.42 Å². The maximum Gasteiger partial charge on any atom is 0.238 e. The van der Waals surface area contributed by atoms with E-state index in [2.05, 4.69) is 34.9 Å². The lowest BCUT2D eigenvalue weighted by Gasteiger charge is -2.11. The van der Waals surface area contributed by atoms with Crippen molar-refractivity contribution >= 4 is 20.9 Å². The first-order valence-electron chi connectivity index (χ1n) is 7.83. The number of nitrogens with zero attached hydrogens (tertiary/aromatic N) is 1. The SMILES string of the molecule is NS(=O)(=O)c1ccc(-c2cc3ccccc3n2-c2ccccc2)cc1. The topological polar surface area (TPSA) is 65.1 Å². The summed E-state index contributed by atoms with van der Waals surface area (Å²) >= 11 is 0. The van der Waals surface area contributed by atoms with Crippen LogP contribution in [0.1, 0.15) is 0 Å². The van der Waals surface area contributed by atoms with Crippen molar-refractivity contribution in [3.05, 3.63) is 84.9 Å². The molecule has 0 bridgehead atoms. The second-order valence-electron chi connectivity index (χ2n) is 5.83. The molecule has 4 rings (SSSR count). The van der Waals surface area contributed by atoms with Gasteiger partial charge in [-0.3, -0.25) is 0 Å². The summed E-state index contributed by atoms with van der Waals surface area (Å²) in [6.07, 6.45) is 0. The maximum absolute atomic E-state index is 11.5. The van der Waals surface area contributed by atoms with Gasteiger partial charge in [-0.2, -0.15) is 0 Å². The Morgan fingerprint density at radius 1 is 0.760 bits per heavy atom. The van der Waals surface area contributed by atoms with Crippen LogP contribution in [0.5, 0.6) is 0 Å². The van der Waals surface area contributed by atoms with Gasteiger partial charge in [0.15, 0.2) is 0 Å². The summed E-state index contributed by atoms with van der Waals surface area (Å²) in [6, 6.07) is 27.0. The molecule has 0 amide bonds. The molecule has 0 unspecified atom stereocenters. The first kappa shape index (κ1) is 15.6. The van der Waals surface area contributed by atoms with Gasteiger partial charge in [-0.15, -0.1) is 0 Å². The van der Waals surface area contributed by atoms with E-state index in [1.807, 2.05) is 30.3 Å². The zero-order valence-corrected chi connectivity index (χ0v) is 14.1. The lowest BCUT2D eigenvalue weighted by molar-refractivity contribution is 0.598. The Balaban J connectivity index is 1.96. The highest BCUT2D eigenvalue weighted by Gasteiger charge is 2.13. The molecule has 3 aromatic carbocycles. The molecule has 0 saturated heterocycles. The van der Waals surface area contributed by atoms with Crippen LogP contribution >= 0.6 is 0 Å². The van der Waals surface area contributed by atoms with Crippen molar-refractivity contribution in [3.8, 4) is 16.9 Å². The second-order valence-corrected chi connectivity index (χ2v) is 7.39. The van der Waals surface area contributed by atoms with Crippen molar-refractivity contribution < 1.29 is 8.42 Å². The molecule has 0 aliphatic rings. The van der Waals surface area contributed by atoms with Crippen molar-refractivity contribution in [2.75, 3.05) is 0 Å². The van der Waals surface area contributed by atoms with Gasteiger partial charge < -0.3 is 4.57 Å². The highest BCUT2D eigenvalue weighted by atomic mass is 32.2. The first-order chi connectivity index (χ1) is 12.0. The summed E-state index contributed by atoms with van der Waals surface area (Å²) in [5.74, 6) is 0. The van der Waals surface area contributed by atoms with E-state index in [1.165, 1.54) is 12.1 Å². The summed E-state index contributed by atoms with van der Waals surface area (Å²) < 4.78 is 25.1. The van der Waals surface area contributed by atoms with Gasteiger partial charge in [0, 0.05) is 11.1 Å². The fourth-order valence-corrected chi connectivity index (χ4v) is 3.55. The smallest absolute Gasteiger partial charge is 0.238 e. The van der Waals surface area contributed by atoms with Crippen molar-refractivity contribution in [3.63, 3.8) is 0 Å². The standard InChI is InChI=1S/C20H16N2O2S/c21-25(23,24)18-12-10-15(11-13-18)20-14-16-6-4-5-9-19(16)22(20)17-7-2-1-3-8-17/h1-14H,(H2,21,23,24). The van der Waals surface area contributed by atoms with Gasteiger partial charge in [-0.1, -0.05) is 48.5 Å². The van der Waals surface area contributed by atoms with E-state index in [0.717, 1.165) is 27.8 Å². The molecule has 0 radical (unpaired) electrons. The van der Waals surface area contributed by atoms with Crippen LogP contribution in [0.15, 0.2) is 89.8 Å². The van der Waals surface area contributed by atoms with Crippen LogP contribution in [-0.4, -0.2) is 13.0 Å². The Kier molecular flexibility index (Phi) is 3.67. The summed E-state index contributed by atoms with van der Waals surface area (Å²) in [7, 11) is -3.70. The lowest BCUT2D eigenvalue weighted by atomic mass is 10.1. The van der Waals surface area contributed by atoms with Crippen molar-refractivity contribution in [1.82, 2.24) is 4.57 Å². The molecular weight excluding hydrogens is 332 g/mol. The predicted molar refractivity (Wildman–Crippen MR) is 100 cm³/mol. The molecule has 1 aromatic heterocycles. The molecule has 0 atom stereocenters. The molecular formula is C20H16N2O2S. The monoisotopic (exact) mass is 348 g/mol. The fourth-order valence-electron chi connectivity index (χ4n) is 3.04. The van der Waals surface area contributed by atoms with Gasteiger partial charge in [-0.05, 0) is 42.0 Å². The molecule has 4 aromatic rings. The van der Waals surface area contributed by atoms with E-state index in [4.69, 9.17) is 5.14 Å². The Morgan fingerprint density at radius 2 is 1.40 bits per heavy atom. The first-order valence-corrected chi connectivity index (χ1v) is 9.38. The van der Waals surface area contributed by atoms with Gasteiger partial charge >= 0.3 is 0 Å². The molecule has 0 aliphatic carbocycles. The van der Waals surface area contributed by atoms with Crippen LogP contribution in [0.3, 0.4) is 0 Å². The molecule has 0 saturated carbocycles. The number of para-hydroxylation sites is 2. The number of aromatic nitrogens is 1. The van der Waals surface area contributed by atoms with Crippen LogP contribution in [0, 0.1) is 0 Å². The summed E-state index contributed by atoms with van der Waals surface area (Å²) in [5, 5.41) is 6.32. The Morgan fingerprint density at radius 3 is 2.08 bits per heavy atom. The maximum atomic E-state index is 11.5. The molecule has 1 heterocycles. The predicted octanol–water partition coefficient (Wildman–Crippen LogP) is 3.94. The molecule has 4 nitrogen and oxygen atoms in total. The van der Waals surface area contributed by atoms with Gasteiger partial charge in [0.25, 0.3) is 0 Å². The minimum Gasteiger partial charge on any atom is -0.309 e. The van der Waals surface area contributed by atoms with E-state index < -0.39 is 10.0 Å². The van der Waals surface area contributed by atoms with Crippen LogP contribution in [0.2, 0.25) is 0 Å². The lowest BCUT2D eigenvalue weighted by Crippen LogP contribution is -2.11. The fraction of sp³-hybridized carbons (Fsp3) is 0. The van der Waals surface area contributed by atoms with E-state index >= 15 is 0 Å². The van der Waals surface area contributed by atoms with E-state index in [-0.39, 0.29) is 4.90 Å². The molecule has 25 heavy (non-hydrogen) atoms.